The lowest BCUT2D eigenvalue weighted by Gasteiger charge is -2.35. The van der Waals surface area contributed by atoms with Crippen LogP contribution in [0.4, 0.5) is 5.69 Å². The van der Waals surface area contributed by atoms with Crippen LogP contribution in [0.15, 0.2) is 60.7 Å². The zero-order chi connectivity index (χ0) is 22.2. The third-order valence-electron chi connectivity index (χ3n) is 5.19. The number of nitrogens with zero attached hydrogens (tertiary/aromatic N) is 3. The maximum Gasteiger partial charge on any atom is 0.270 e. The van der Waals surface area contributed by atoms with Crippen molar-refractivity contribution in [1.29, 1.82) is 0 Å². The monoisotopic (exact) mass is 422 g/mol. The first kappa shape index (κ1) is 22.2. The minimum Gasteiger partial charge on any atom is -0.341 e. The number of non-ortho nitro benzene ring substituents is 1. The first-order valence-electron chi connectivity index (χ1n) is 10.2. The van der Waals surface area contributed by atoms with E-state index in [0.29, 0.717) is 13.1 Å². The Morgan fingerprint density at radius 1 is 1.10 bits per heavy atom. The fourth-order valence-corrected chi connectivity index (χ4v) is 3.43. The van der Waals surface area contributed by atoms with Crippen molar-refractivity contribution in [2.75, 3.05) is 32.7 Å². The van der Waals surface area contributed by atoms with Crippen molar-refractivity contribution in [2.24, 2.45) is 0 Å². The normalized spacial score (nSPS) is 15.6. The van der Waals surface area contributed by atoms with E-state index in [1.807, 2.05) is 18.2 Å². The van der Waals surface area contributed by atoms with Crippen LogP contribution in [0.25, 0.3) is 6.08 Å². The van der Waals surface area contributed by atoms with Gasteiger partial charge in [-0.2, -0.15) is 0 Å². The van der Waals surface area contributed by atoms with Crippen molar-refractivity contribution in [3.63, 3.8) is 0 Å². The summed E-state index contributed by atoms with van der Waals surface area (Å²) in [6.07, 6.45) is 4.21. The van der Waals surface area contributed by atoms with Crippen molar-refractivity contribution >= 4 is 23.6 Å². The molecule has 1 aliphatic rings. The van der Waals surface area contributed by atoms with Crippen molar-refractivity contribution < 1.29 is 14.5 Å². The van der Waals surface area contributed by atoms with Gasteiger partial charge in [0.1, 0.15) is 6.04 Å². The smallest absolute Gasteiger partial charge is 0.270 e. The van der Waals surface area contributed by atoms with E-state index in [2.05, 4.69) is 34.5 Å². The van der Waals surface area contributed by atoms with Gasteiger partial charge in [-0.1, -0.05) is 48.6 Å². The van der Waals surface area contributed by atoms with Crippen LogP contribution in [0.1, 0.15) is 22.8 Å². The van der Waals surface area contributed by atoms with E-state index in [9.17, 15) is 19.7 Å². The Labute approximate surface area is 181 Å². The third kappa shape index (κ3) is 6.23. The predicted octanol–water partition coefficient (Wildman–Crippen LogP) is 2.57. The van der Waals surface area contributed by atoms with Gasteiger partial charge in [-0.25, -0.2) is 0 Å². The largest absolute Gasteiger partial charge is 0.341 e. The molecule has 1 unspecified atom stereocenters. The van der Waals surface area contributed by atoms with Gasteiger partial charge in [0.15, 0.2) is 0 Å². The predicted molar refractivity (Wildman–Crippen MR) is 119 cm³/mol. The van der Waals surface area contributed by atoms with Crippen molar-refractivity contribution in [2.45, 2.75) is 13.0 Å². The fourth-order valence-electron chi connectivity index (χ4n) is 3.43. The molecule has 3 rings (SSSR count). The van der Waals surface area contributed by atoms with Crippen LogP contribution in [-0.2, 0) is 4.79 Å². The molecule has 1 N–H and O–H groups in total. The molecule has 0 spiro atoms. The number of amides is 2. The van der Waals surface area contributed by atoms with Gasteiger partial charge in [0.05, 0.1) is 4.92 Å². The van der Waals surface area contributed by atoms with Crippen molar-refractivity contribution in [3.8, 4) is 0 Å². The van der Waals surface area contributed by atoms with Crippen LogP contribution >= 0.6 is 0 Å². The molecular formula is C23H26N4O4. The van der Waals surface area contributed by atoms with Gasteiger partial charge < -0.3 is 10.2 Å². The number of benzene rings is 2. The Hall–Kier alpha value is -3.52. The average Bonchev–Trinajstić information content (AvgIpc) is 2.79. The highest BCUT2D eigenvalue weighted by molar-refractivity contribution is 5.97. The van der Waals surface area contributed by atoms with E-state index in [4.69, 9.17) is 0 Å². The Bertz CT molecular complexity index is 953. The molecule has 2 aromatic carbocycles. The number of nitrogens with one attached hydrogen (secondary N) is 1. The molecule has 0 bridgehead atoms. The van der Waals surface area contributed by atoms with E-state index < -0.39 is 16.9 Å². The molecule has 1 aliphatic heterocycles. The summed E-state index contributed by atoms with van der Waals surface area (Å²) in [5.41, 5.74) is 1.15. The van der Waals surface area contributed by atoms with Gasteiger partial charge in [0, 0.05) is 50.4 Å². The zero-order valence-electron chi connectivity index (χ0n) is 17.4. The second-order valence-electron chi connectivity index (χ2n) is 7.44. The van der Waals surface area contributed by atoms with Crippen molar-refractivity contribution in [3.05, 3.63) is 81.9 Å². The van der Waals surface area contributed by atoms with E-state index in [0.717, 1.165) is 25.2 Å². The molecule has 31 heavy (non-hydrogen) atoms. The van der Waals surface area contributed by atoms with Gasteiger partial charge >= 0.3 is 0 Å². The minimum absolute atomic E-state index is 0.154. The molecule has 8 nitrogen and oxygen atoms in total. The summed E-state index contributed by atoms with van der Waals surface area (Å²) in [6, 6.07) is 14.8. The lowest BCUT2D eigenvalue weighted by Crippen LogP contribution is -2.54. The molecule has 1 atom stereocenters. The number of piperazine rings is 1. The number of carbonyl (C=O) groups is 2. The average molecular weight is 422 g/mol. The first-order valence-corrected chi connectivity index (χ1v) is 10.2. The van der Waals surface area contributed by atoms with Crippen LogP contribution in [0.2, 0.25) is 0 Å². The van der Waals surface area contributed by atoms with E-state index in [1.54, 1.807) is 11.8 Å². The molecule has 2 amide bonds. The SMILES string of the molecule is CC(NC(=O)c1cccc([N+](=O)[O-])c1)C(=O)N1CCN(C/C=C/c2ccccc2)CC1. The zero-order valence-corrected chi connectivity index (χ0v) is 17.4. The highest BCUT2D eigenvalue weighted by Gasteiger charge is 2.26. The number of hydrogen-bond donors (Lipinski definition) is 1. The van der Waals surface area contributed by atoms with E-state index >= 15 is 0 Å². The standard InChI is InChI=1S/C23H26N4O4/c1-18(24-22(28)20-10-5-11-21(17-20)27(30)31)23(29)26-15-13-25(14-16-26)12-6-9-19-7-3-2-4-8-19/h2-11,17-18H,12-16H2,1H3,(H,24,28)/b9-6+. The lowest BCUT2D eigenvalue weighted by molar-refractivity contribution is -0.384. The maximum absolute atomic E-state index is 12.7. The number of rotatable bonds is 7. The quantitative estimate of drug-likeness (QED) is 0.547. The third-order valence-corrected chi connectivity index (χ3v) is 5.19. The van der Waals surface area contributed by atoms with Crippen LogP contribution in [0.3, 0.4) is 0 Å². The Morgan fingerprint density at radius 2 is 1.81 bits per heavy atom. The van der Waals surface area contributed by atoms with Gasteiger partial charge in [-0.3, -0.25) is 24.6 Å². The summed E-state index contributed by atoms with van der Waals surface area (Å²) in [5, 5.41) is 13.5. The number of carbonyl (C=O) groups excluding carboxylic acids is 2. The van der Waals surface area contributed by atoms with E-state index in [1.165, 1.54) is 24.3 Å². The van der Waals surface area contributed by atoms with Gasteiger partial charge in [0.2, 0.25) is 5.91 Å². The fraction of sp³-hybridized carbons (Fsp3) is 0.304. The molecule has 0 aliphatic carbocycles. The summed E-state index contributed by atoms with van der Waals surface area (Å²) in [7, 11) is 0. The second kappa shape index (κ2) is 10.5. The summed E-state index contributed by atoms with van der Waals surface area (Å²) in [5.74, 6) is -0.660. The number of nitro benzene ring substituents is 1. The minimum atomic E-state index is -0.712. The second-order valence-corrected chi connectivity index (χ2v) is 7.44. The molecule has 8 heteroatoms. The molecule has 0 saturated carbocycles. The number of hydrogen-bond acceptors (Lipinski definition) is 5. The molecule has 2 aromatic rings. The summed E-state index contributed by atoms with van der Waals surface area (Å²) in [6.45, 7) is 5.15. The van der Waals surface area contributed by atoms with Crippen molar-refractivity contribution in [1.82, 2.24) is 15.1 Å². The molecule has 0 aromatic heterocycles. The van der Waals surface area contributed by atoms with Crippen LogP contribution in [-0.4, -0.2) is 65.3 Å². The Morgan fingerprint density at radius 3 is 2.48 bits per heavy atom. The highest BCUT2D eigenvalue weighted by Crippen LogP contribution is 2.13. The topological polar surface area (TPSA) is 95.8 Å². The summed E-state index contributed by atoms with van der Waals surface area (Å²) >= 11 is 0. The molecule has 0 radical (unpaired) electrons. The Kier molecular flexibility index (Phi) is 7.50. The lowest BCUT2D eigenvalue weighted by atomic mass is 10.1. The first-order chi connectivity index (χ1) is 14.9. The maximum atomic E-state index is 12.7. The summed E-state index contributed by atoms with van der Waals surface area (Å²) in [4.78, 5) is 39.4. The Balaban J connectivity index is 1.46. The highest BCUT2D eigenvalue weighted by atomic mass is 16.6. The molecule has 162 valence electrons. The van der Waals surface area contributed by atoms with Crippen LogP contribution in [0.5, 0.6) is 0 Å². The molecule has 1 fully saturated rings. The number of nitro groups is 1. The molecule has 1 saturated heterocycles. The van der Waals surface area contributed by atoms with Gasteiger partial charge in [-0.15, -0.1) is 0 Å². The van der Waals surface area contributed by atoms with Crippen LogP contribution in [0, 0.1) is 10.1 Å². The van der Waals surface area contributed by atoms with Gasteiger partial charge in [0.25, 0.3) is 11.6 Å². The molecular weight excluding hydrogens is 396 g/mol. The molecule has 1 heterocycles. The van der Waals surface area contributed by atoms with Gasteiger partial charge in [-0.05, 0) is 18.6 Å². The van der Waals surface area contributed by atoms with Crippen LogP contribution < -0.4 is 5.32 Å². The van der Waals surface area contributed by atoms with E-state index in [-0.39, 0.29) is 17.2 Å². The summed E-state index contributed by atoms with van der Waals surface area (Å²) < 4.78 is 0.